The molecule has 1 aliphatic rings. The van der Waals surface area contributed by atoms with E-state index in [9.17, 15) is 18.0 Å². The van der Waals surface area contributed by atoms with Crippen molar-refractivity contribution in [2.45, 2.75) is 32.4 Å². The molecular weight excluding hydrogens is 244 g/mol. The summed E-state index contributed by atoms with van der Waals surface area (Å²) in [4.78, 5) is 24.4. The third-order valence-corrected chi connectivity index (χ3v) is 3.70. The number of hydrogen-bond donors (Lipinski definition) is 1. The van der Waals surface area contributed by atoms with Crippen molar-refractivity contribution in [2.75, 3.05) is 18.6 Å². The van der Waals surface area contributed by atoms with Gasteiger partial charge >= 0.3 is 0 Å². The number of hydrogen-bond acceptors (Lipinski definition) is 5. The Kier molecular flexibility index (Phi) is 4.26. The number of sulfone groups is 1. The van der Waals surface area contributed by atoms with Crippen molar-refractivity contribution in [3.8, 4) is 0 Å². The Bertz CT molecular complexity index is 418. The van der Waals surface area contributed by atoms with Gasteiger partial charge in [0, 0.05) is 18.8 Å². The van der Waals surface area contributed by atoms with Gasteiger partial charge in [0.05, 0.1) is 18.2 Å². The molecule has 2 unspecified atom stereocenters. The Balaban J connectivity index is 2.59. The van der Waals surface area contributed by atoms with E-state index in [-0.39, 0.29) is 30.0 Å². The Morgan fingerprint density at radius 1 is 1.47 bits per heavy atom. The predicted octanol–water partition coefficient (Wildman–Crippen LogP) is -0.843. The fraction of sp³-hybridized carbons (Fsp3) is 0.800. The molecule has 6 nitrogen and oxygen atoms in total. The van der Waals surface area contributed by atoms with Gasteiger partial charge in [-0.05, 0) is 13.8 Å². The van der Waals surface area contributed by atoms with Gasteiger partial charge in [-0.15, -0.1) is 0 Å². The van der Waals surface area contributed by atoms with Crippen molar-refractivity contribution in [3.05, 3.63) is 0 Å². The molecule has 1 aliphatic heterocycles. The molecule has 2 amide bonds. The van der Waals surface area contributed by atoms with Gasteiger partial charge < -0.3 is 5.32 Å². The molecule has 0 aromatic rings. The van der Waals surface area contributed by atoms with Gasteiger partial charge in [0.15, 0.2) is 0 Å². The molecule has 0 bridgehead atoms. The van der Waals surface area contributed by atoms with E-state index in [2.05, 4.69) is 5.32 Å². The van der Waals surface area contributed by atoms with Gasteiger partial charge in [0.25, 0.3) is 0 Å². The monoisotopic (exact) mass is 262 g/mol. The van der Waals surface area contributed by atoms with E-state index in [4.69, 9.17) is 0 Å². The van der Waals surface area contributed by atoms with Crippen molar-refractivity contribution < 1.29 is 18.0 Å². The second-order valence-electron chi connectivity index (χ2n) is 4.39. The summed E-state index contributed by atoms with van der Waals surface area (Å²) in [6.07, 6.45) is 1.26. The minimum absolute atomic E-state index is 0.0445. The maximum absolute atomic E-state index is 11.7. The highest BCUT2D eigenvalue weighted by molar-refractivity contribution is 7.90. The number of imide groups is 1. The molecule has 1 fully saturated rings. The van der Waals surface area contributed by atoms with Crippen LogP contribution in [0.15, 0.2) is 0 Å². The summed E-state index contributed by atoms with van der Waals surface area (Å²) in [5, 5.41) is 2.89. The summed E-state index contributed by atoms with van der Waals surface area (Å²) >= 11 is 0. The van der Waals surface area contributed by atoms with Crippen LogP contribution in [0.5, 0.6) is 0 Å². The molecule has 98 valence electrons. The van der Waals surface area contributed by atoms with E-state index in [1.807, 2.05) is 0 Å². The summed E-state index contributed by atoms with van der Waals surface area (Å²) < 4.78 is 22.2. The molecule has 1 saturated heterocycles. The molecule has 0 aromatic heterocycles. The number of carbonyl (C=O) groups is 2. The summed E-state index contributed by atoms with van der Waals surface area (Å²) in [5.41, 5.74) is 0. The van der Waals surface area contributed by atoms with Gasteiger partial charge in [-0.2, -0.15) is 0 Å². The van der Waals surface area contributed by atoms with Crippen LogP contribution in [0.25, 0.3) is 0 Å². The number of nitrogens with one attached hydrogen (secondary N) is 1. The average molecular weight is 262 g/mol. The first-order chi connectivity index (χ1) is 7.74. The SMILES string of the molecule is CCN1C(=O)CC(NC(C)CS(C)(=O)=O)C1=O. The van der Waals surface area contributed by atoms with Gasteiger partial charge in [-0.3, -0.25) is 14.5 Å². The Morgan fingerprint density at radius 3 is 2.47 bits per heavy atom. The van der Waals surface area contributed by atoms with Crippen molar-refractivity contribution in [1.29, 1.82) is 0 Å². The van der Waals surface area contributed by atoms with Crippen LogP contribution in [-0.4, -0.2) is 55.8 Å². The fourth-order valence-corrected chi connectivity index (χ4v) is 3.00. The molecule has 1 rings (SSSR count). The summed E-state index contributed by atoms with van der Waals surface area (Å²) in [6, 6.07) is -0.928. The van der Waals surface area contributed by atoms with Gasteiger partial charge in [0.2, 0.25) is 11.8 Å². The lowest BCUT2D eigenvalue weighted by Gasteiger charge is -2.17. The predicted molar refractivity (Wildman–Crippen MR) is 63.1 cm³/mol. The zero-order valence-corrected chi connectivity index (χ0v) is 11.1. The third-order valence-electron chi connectivity index (χ3n) is 2.60. The molecule has 0 spiro atoms. The average Bonchev–Trinajstić information content (AvgIpc) is 2.38. The normalized spacial score (nSPS) is 23.2. The molecule has 17 heavy (non-hydrogen) atoms. The first-order valence-corrected chi connectivity index (χ1v) is 7.58. The quantitative estimate of drug-likeness (QED) is 0.653. The molecular formula is C10H18N2O4S. The van der Waals surface area contributed by atoms with E-state index in [0.29, 0.717) is 6.54 Å². The molecule has 7 heteroatoms. The number of likely N-dealkylation sites (tertiary alicyclic amines) is 1. The summed E-state index contributed by atoms with van der Waals surface area (Å²) in [5.74, 6) is -0.517. The first-order valence-electron chi connectivity index (χ1n) is 5.52. The maximum atomic E-state index is 11.7. The number of carbonyl (C=O) groups excluding carboxylic acids is 2. The largest absolute Gasteiger partial charge is 0.302 e. The Morgan fingerprint density at radius 2 is 2.06 bits per heavy atom. The minimum atomic E-state index is -3.09. The number of amides is 2. The highest BCUT2D eigenvalue weighted by Crippen LogP contribution is 2.13. The van der Waals surface area contributed by atoms with Crippen LogP contribution in [0.1, 0.15) is 20.3 Å². The van der Waals surface area contributed by atoms with Gasteiger partial charge in [0.1, 0.15) is 9.84 Å². The second kappa shape index (κ2) is 5.14. The zero-order valence-electron chi connectivity index (χ0n) is 10.3. The van der Waals surface area contributed by atoms with Crippen molar-refractivity contribution in [3.63, 3.8) is 0 Å². The topological polar surface area (TPSA) is 83.6 Å². The molecule has 0 aromatic carbocycles. The zero-order chi connectivity index (χ0) is 13.2. The van der Waals surface area contributed by atoms with Gasteiger partial charge in [-0.1, -0.05) is 0 Å². The van der Waals surface area contributed by atoms with Crippen LogP contribution in [0, 0.1) is 0 Å². The van der Waals surface area contributed by atoms with Crippen molar-refractivity contribution in [2.24, 2.45) is 0 Å². The molecule has 0 radical (unpaired) electrons. The van der Waals surface area contributed by atoms with E-state index in [0.717, 1.165) is 6.26 Å². The van der Waals surface area contributed by atoms with Crippen LogP contribution in [-0.2, 0) is 19.4 Å². The lowest BCUT2D eigenvalue weighted by atomic mass is 10.2. The number of rotatable bonds is 5. The molecule has 2 atom stereocenters. The Labute approximate surface area is 101 Å². The Hall–Kier alpha value is -0.950. The van der Waals surface area contributed by atoms with Crippen LogP contribution in [0.3, 0.4) is 0 Å². The van der Waals surface area contributed by atoms with E-state index < -0.39 is 15.9 Å². The fourth-order valence-electron chi connectivity index (χ4n) is 1.99. The first kappa shape index (κ1) is 14.1. The number of nitrogens with zero attached hydrogens (tertiary/aromatic N) is 1. The van der Waals surface area contributed by atoms with E-state index in [1.54, 1.807) is 13.8 Å². The summed E-state index contributed by atoms with van der Waals surface area (Å²) in [6.45, 7) is 3.78. The van der Waals surface area contributed by atoms with Crippen molar-refractivity contribution >= 4 is 21.7 Å². The van der Waals surface area contributed by atoms with Crippen LogP contribution in [0.4, 0.5) is 0 Å². The minimum Gasteiger partial charge on any atom is -0.302 e. The lowest BCUT2D eigenvalue weighted by molar-refractivity contribution is -0.138. The van der Waals surface area contributed by atoms with Crippen molar-refractivity contribution in [1.82, 2.24) is 10.2 Å². The smallest absolute Gasteiger partial charge is 0.246 e. The molecule has 0 aliphatic carbocycles. The van der Waals surface area contributed by atoms with Crippen LogP contribution < -0.4 is 5.32 Å². The van der Waals surface area contributed by atoms with E-state index in [1.165, 1.54) is 4.90 Å². The highest BCUT2D eigenvalue weighted by atomic mass is 32.2. The lowest BCUT2D eigenvalue weighted by Crippen LogP contribution is -2.45. The van der Waals surface area contributed by atoms with Crippen LogP contribution >= 0.6 is 0 Å². The van der Waals surface area contributed by atoms with Gasteiger partial charge in [-0.25, -0.2) is 8.42 Å². The van der Waals surface area contributed by atoms with E-state index >= 15 is 0 Å². The maximum Gasteiger partial charge on any atom is 0.246 e. The third kappa shape index (κ3) is 3.78. The standard InChI is InChI=1S/C10H18N2O4S/c1-4-12-9(13)5-8(10(12)14)11-7(2)6-17(3,15)16/h7-8,11H,4-6H2,1-3H3. The second-order valence-corrected chi connectivity index (χ2v) is 6.58. The van der Waals surface area contributed by atoms with Crippen LogP contribution in [0.2, 0.25) is 0 Å². The molecule has 0 saturated carbocycles. The highest BCUT2D eigenvalue weighted by Gasteiger charge is 2.38. The summed E-state index contributed by atoms with van der Waals surface area (Å²) in [7, 11) is -3.09. The molecule has 1 heterocycles. The molecule has 1 N–H and O–H groups in total. The number of likely N-dealkylation sites (N-methyl/N-ethyl adjacent to an activating group) is 1.